The number of fused-ring (bicyclic) bond motifs is 3. The smallest absolute Gasteiger partial charge is 0.111 e. The highest BCUT2D eigenvalue weighted by molar-refractivity contribution is 5.00. The third kappa shape index (κ3) is 0.850. The second-order valence-electron chi connectivity index (χ2n) is 3.80. The summed E-state index contributed by atoms with van der Waals surface area (Å²) in [7, 11) is 0. The first kappa shape index (κ1) is 6.56. The molecule has 0 N–H and O–H groups in total. The molecule has 0 radical (unpaired) electrons. The van der Waals surface area contributed by atoms with Crippen molar-refractivity contribution in [3.63, 3.8) is 0 Å². The molecule has 3 rings (SSSR count). The van der Waals surface area contributed by atoms with E-state index in [-0.39, 0.29) is 0 Å². The molecule has 0 atom stereocenters. The van der Waals surface area contributed by atoms with Crippen LogP contribution in [0.3, 0.4) is 0 Å². The van der Waals surface area contributed by atoms with Gasteiger partial charge in [0.2, 0.25) is 0 Å². The van der Waals surface area contributed by atoms with E-state index in [1.165, 1.54) is 0 Å². The van der Waals surface area contributed by atoms with Crippen LogP contribution < -0.4 is 0 Å². The largest absolute Gasteiger partial charge is 0.244 e. The van der Waals surface area contributed by atoms with Gasteiger partial charge in [-0.05, 0) is 38.5 Å². The highest BCUT2D eigenvalue weighted by atomic mass is 19.2. The normalized spacial score (nSPS) is 53.4. The molecule has 0 spiro atoms. The molecule has 0 nitrogen and oxygen atoms in total. The lowest BCUT2D eigenvalue weighted by Gasteiger charge is -2.44. The molecule has 3 saturated carbocycles. The van der Waals surface area contributed by atoms with E-state index in [1.54, 1.807) is 0 Å². The summed E-state index contributed by atoms with van der Waals surface area (Å²) in [5.41, 5.74) is -1.96. The van der Waals surface area contributed by atoms with Gasteiger partial charge < -0.3 is 0 Å². The van der Waals surface area contributed by atoms with E-state index in [2.05, 4.69) is 0 Å². The number of hydrogen-bond acceptors (Lipinski definition) is 0. The maximum atomic E-state index is 13.3. The van der Waals surface area contributed by atoms with Crippen molar-refractivity contribution in [3.05, 3.63) is 0 Å². The predicted octanol–water partition coefficient (Wildman–Crippen LogP) is 2.77. The van der Waals surface area contributed by atoms with Crippen LogP contribution in [-0.4, -0.2) is 11.3 Å². The van der Waals surface area contributed by atoms with E-state index in [1.807, 2.05) is 0 Å². The number of halogens is 2. The quantitative estimate of drug-likeness (QED) is 0.493. The van der Waals surface area contributed by atoms with Crippen molar-refractivity contribution in [2.24, 2.45) is 0 Å². The fourth-order valence-electron chi connectivity index (χ4n) is 2.09. The van der Waals surface area contributed by atoms with Gasteiger partial charge in [0.15, 0.2) is 0 Å². The van der Waals surface area contributed by atoms with E-state index in [4.69, 9.17) is 0 Å². The summed E-state index contributed by atoms with van der Waals surface area (Å²) in [4.78, 5) is 0. The molecule has 0 saturated heterocycles. The van der Waals surface area contributed by atoms with Crippen molar-refractivity contribution in [2.75, 3.05) is 0 Å². The number of alkyl halides is 2. The molecule has 0 aromatic carbocycles. The molecule has 0 amide bonds. The van der Waals surface area contributed by atoms with Crippen molar-refractivity contribution in [1.29, 1.82) is 0 Å². The van der Waals surface area contributed by atoms with E-state index >= 15 is 0 Å². The molecule has 10 heavy (non-hydrogen) atoms. The summed E-state index contributed by atoms with van der Waals surface area (Å²) in [6.45, 7) is 0. The van der Waals surface area contributed by atoms with Crippen LogP contribution in [0.5, 0.6) is 0 Å². The molecule has 0 heterocycles. The Morgan fingerprint density at radius 3 is 1.00 bits per heavy atom. The molecule has 58 valence electrons. The summed E-state index contributed by atoms with van der Waals surface area (Å²) >= 11 is 0. The van der Waals surface area contributed by atoms with Gasteiger partial charge in [0.05, 0.1) is 0 Å². The summed E-state index contributed by atoms with van der Waals surface area (Å²) in [6, 6.07) is 0. The van der Waals surface area contributed by atoms with E-state index < -0.39 is 11.3 Å². The second kappa shape index (κ2) is 1.72. The lowest BCUT2D eigenvalue weighted by atomic mass is 9.67. The Balaban J connectivity index is 2.16. The maximum Gasteiger partial charge on any atom is 0.111 e. The predicted molar refractivity (Wildman–Crippen MR) is 35.4 cm³/mol. The third-order valence-corrected chi connectivity index (χ3v) is 3.06. The zero-order chi connectivity index (χ0) is 7.24. The molecule has 0 aromatic rings. The molecule has 0 aromatic heterocycles. The van der Waals surface area contributed by atoms with Crippen LogP contribution in [0.2, 0.25) is 0 Å². The SMILES string of the molecule is FC12CCC(F)(CC1)CC2. The van der Waals surface area contributed by atoms with Crippen LogP contribution in [0.25, 0.3) is 0 Å². The highest BCUT2D eigenvalue weighted by Crippen LogP contribution is 2.50. The van der Waals surface area contributed by atoms with Crippen LogP contribution in [0.4, 0.5) is 8.78 Å². The molecule has 2 bridgehead atoms. The van der Waals surface area contributed by atoms with Gasteiger partial charge in [-0.2, -0.15) is 0 Å². The van der Waals surface area contributed by atoms with Crippen molar-refractivity contribution in [1.82, 2.24) is 0 Å². The maximum absolute atomic E-state index is 13.3. The van der Waals surface area contributed by atoms with Gasteiger partial charge in [-0.3, -0.25) is 0 Å². The summed E-state index contributed by atoms with van der Waals surface area (Å²) in [5, 5.41) is 0. The van der Waals surface area contributed by atoms with Gasteiger partial charge >= 0.3 is 0 Å². The Labute approximate surface area is 59.6 Å². The minimum Gasteiger partial charge on any atom is -0.244 e. The van der Waals surface area contributed by atoms with Crippen molar-refractivity contribution in [3.8, 4) is 0 Å². The van der Waals surface area contributed by atoms with Gasteiger partial charge in [0.25, 0.3) is 0 Å². The fraction of sp³-hybridized carbons (Fsp3) is 1.00. The highest BCUT2D eigenvalue weighted by Gasteiger charge is 2.49. The molecule has 0 aliphatic heterocycles. The number of hydrogen-bond donors (Lipinski definition) is 0. The van der Waals surface area contributed by atoms with Crippen LogP contribution in [0.15, 0.2) is 0 Å². The second-order valence-corrected chi connectivity index (χ2v) is 3.80. The van der Waals surface area contributed by atoms with E-state index in [0.29, 0.717) is 38.5 Å². The number of rotatable bonds is 0. The lowest BCUT2D eigenvalue weighted by molar-refractivity contribution is -0.0535. The average Bonchev–Trinajstić information content (AvgIpc) is 1.93. The van der Waals surface area contributed by atoms with Crippen molar-refractivity contribution < 1.29 is 8.78 Å². The Bertz CT molecular complexity index is 111. The topological polar surface area (TPSA) is 0 Å². The first-order chi connectivity index (χ1) is 4.62. The minimum atomic E-state index is -0.978. The van der Waals surface area contributed by atoms with Gasteiger partial charge in [0, 0.05) is 0 Å². The molecule has 0 unspecified atom stereocenters. The van der Waals surface area contributed by atoms with Crippen LogP contribution in [0, 0.1) is 0 Å². The summed E-state index contributed by atoms with van der Waals surface area (Å²) in [5.74, 6) is 0. The average molecular weight is 146 g/mol. The molecule has 2 heteroatoms. The van der Waals surface area contributed by atoms with Gasteiger partial charge in [0.1, 0.15) is 11.3 Å². The molecular weight excluding hydrogens is 134 g/mol. The fourth-order valence-corrected chi connectivity index (χ4v) is 2.09. The first-order valence-electron chi connectivity index (χ1n) is 4.00. The minimum absolute atomic E-state index is 0.462. The van der Waals surface area contributed by atoms with Crippen molar-refractivity contribution in [2.45, 2.75) is 49.9 Å². The first-order valence-corrected chi connectivity index (χ1v) is 4.00. The molecular formula is C8H12F2. The summed E-state index contributed by atoms with van der Waals surface area (Å²) < 4.78 is 26.7. The van der Waals surface area contributed by atoms with Crippen LogP contribution >= 0.6 is 0 Å². The van der Waals surface area contributed by atoms with Gasteiger partial charge in [-0.15, -0.1) is 0 Å². The monoisotopic (exact) mass is 146 g/mol. The van der Waals surface area contributed by atoms with Gasteiger partial charge in [-0.25, -0.2) is 8.78 Å². The standard InChI is InChI=1S/C8H12F2/c9-7-1-2-8(10,5-3-7)6-4-7/h1-6H2. The Morgan fingerprint density at radius 2 is 0.800 bits per heavy atom. The molecule has 3 aliphatic rings. The Kier molecular flexibility index (Phi) is 1.13. The zero-order valence-corrected chi connectivity index (χ0v) is 6.00. The van der Waals surface area contributed by atoms with Crippen molar-refractivity contribution >= 4 is 0 Å². The van der Waals surface area contributed by atoms with E-state index in [9.17, 15) is 8.78 Å². The molecule has 3 aliphatic carbocycles. The molecule has 3 fully saturated rings. The van der Waals surface area contributed by atoms with Crippen LogP contribution in [-0.2, 0) is 0 Å². The zero-order valence-electron chi connectivity index (χ0n) is 6.00. The van der Waals surface area contributed by atoms with E-state index in [0.717, 1.165) is 0 Å². The lowest BCUT2D eigenvalue weighted by Crippen LogP contribution is -2.44. The third-order valence-electron chi connectivity index (χ3n) is 3.06. The Hall–Kier alpha value is -0.140. The van der Waals surface area contributed by atoms with Crippen LogP contribution in [0.1, 0.15) is 38.5 Å². The van der Waals surface area contributed by atoms with Gasteiger partial charge in [-0.1, -0.05) is 0 Å². The summed E-state index contributed by atoms with van der Waals surface area (Å²) in [6.07, 6.45) is 2.77. The Morgan fingerprint density at radius 1 is 0.600 bits per heavy atom.